The maximum atomic E-state index is 11.2. The molecule has 1 aliphatic rings. The fourth-order valence-electron chi connectivity index (χ4n) is 6.52. The second-order valence-electron chi connectivity index (χ2n) is 14.4. The highest BCUT2D eigenvalue weighted by atomic mass is 127. The van der Waals surface area contributed by atoms with Gasteiger partial charge in [-0.2, -0.15) is 30.0 Å². The standard InChI is InChI=1S/C10H8ClN3O.2C10H9N3O2.C8H18N2.C7H5IO2/c1-7-2-3-9(8(6-7)10(11)15)14-12-4-5-13-14;1-7-2-3-9(8(6-7)10(14)15)13-5-4-11-12-13;1-7-2-3-9(8(6-7)10(14)15)13-11-4-5-12-13;1-10-8-5-3-2-4-7(8)6-9;8-6-4-2-1-3-5(6)7(9)10/h2-6H,1H3;2*2-6H,1H3,(H,14,15);7-8,10H,2-6,9H2,1H3;1-4H,(H,9,10)/t;;;7-,8+;/m...1./s1. The molecule has 0 amide bonds. The third-order valence-corrected chi connectivity index (χ3v) is 10.9. The maximum absolute atomic E-state index is 11.2. The van der Waals surface area contributed by atoms with Crippen LogP contribution in [0.3, 0.4) is 0 Å². The molecule has 1 aliphatic carbocycles. The highest BCUT2D eigenvalue weighted by Crippen LogP contribution is 2.23. The summed E-state index contributed by atoms with van der Waals surface area (Å²) in [5.41, 5.74) is 11.2. The molecule has 0 bridgehead atoms. The lowest BCUT2D eigenvalue weighted by atomic mass is 9.85. The number of nitrogens with two attached hydrogens (primary N) is 1. The van der Waals surface area contributed by atoms with E-state index in [4.69, 9.17) is 32.7 Å². The molecule has 0 spiro atoms. The summed E-state index contributed by atoms with van der Waals surface area (Å²) in [5, 5.41) is 52.5. The molecule has 1 fully saturated rings. The normalized spacial score (nSPS) is 13.8. The Hall–Kier alpha value is -6.68. The molecular weight excluding hydrogens is 969 g/mol. The third kappa shape index (κ3) is 15.2. The van der Waals surface area contributed by atoms with Gasteiger partial charge in [0.05, 0.1) is 70.8 Å². The second-order valence-corrected chi connectivity index (χ2v) is 15.9. The molecule has 3 heterocycles. The molecule has 340 valence electrons. The molecule has 8 rings (SSSR count). The van der Waals surface area contributed by atoms with Gasteiger partial charge in [-0.1, -0.05) is 65.1 Å². The molecule has 0 aliphatic heterocycles. The Labute approximate surface area is 393 Å². The molecule has 65 heavy (non-hydrogen) atoms. The van der Waals surface area contributed by atoms with Crippen LogP contribution >= 0.6 is 34.2 Å². The smallest absolute Gasteiger partial charge is 0.337 e. The van der Waals surface area contributed by atoms with Crippen LogP contribution in [0.4, 0.5) is 0 Å². The van der Waals surface area contributed by atoms with Crippen molar-refractivity contribution in [3.63, 3.8) is 0 Å². The highest BCUT2D eigenvalue weighted by molar-refractivity contribution is 14.1. The number of nitrogens with zero attached hydrogens (tertiary/aromatic N) is 9. The van der Waals surface area contributed by atoms with E-state index in [9.17, 15) is 19.2 Å². The van der Waals surface area contributed by atoms with Crippen molar-refractivity contribution in [2.75, 3.05) is 13.6 Å². The van der Waals surface area contributed by atoms with Crippen molar-refractivity contribution in [3.8, 4) is 17.1 Å². The number of hydrogen-bond donors (Lipinski definition) is 5. The molecule has 18 nitrogen and oxygen atoms in total. The van der Waals surface area contributed by atoms with E-state index in [1.54, 1.807) is 73.2 Å². The Morgan fingerprint density at radius 1 is 0.677 bits per heavy atom. The molecule has 20 heteroatoms. The molecule has 7 aromatic rings. The number of carboxylic acids is 3. The summed E-state index contributed by atoms with van der Waals surface area (Å²) in [6, 6.07) is 23.2. The van der Waals surface area contributed by atoms with Gasteiger partial charge in [-0.25, -0.2) is 19.1 Å². The summed E-state index contributed by atoms with van der Waals surface area (Å²) in [7, 11) is 2.04. The predicted octanol–water partition coefficient (Wildman–Crippen LogP) is 7.22. The van der Waals surface area contributed by atoms with Gasteiger partial charge in [0.25, 0.3) is 5.24 Å². The van der Waals surface area contributed by atoms with Crippen molar-refractivity contribution in [2.24, 2.45) is 11.7 Å². The van der Waals surface area contributed by atoms with E-state index in [0.717, 1.165) is 32.7 Å². The van der Waals surface area contributed by atoms with Crippen LogP contribution in [0.15, 0.2) is 116 Å². The molecule has 0 unspecified atom stereocenters. The van der Waals surface area contributed by atoms with Crippen molar-refractivity contribution in [2.45, 2.75) is 52.5 Å². The van der Waals surface area contributed by atoms with E-state index < -0.39 is 23.2 Å². The van der Waals surface area contributed by atoms with Crippen LogP contribution in [0.2, 0.25) is 0 Å². The zero-order valence-corrected chi connectivity index (χ0v) is 38.9. The van der Waals surface area contributed by atoms with Crippen molar-refractivity contribution in [3.05, 3.63) is 159 Å². The quantitative estimate of drug-likeness (QED) is 0.0707. The summed E-state index contributed by atoms with van der Waals surface area (Å²) < 4.78 is 2.20. The zero-order valence-electron chi connectivity index (χ0n) is 36.0. The maximum Gasteiger partial charge on any atom is 0.337 e. The number of carbonyl (C=O) groups is 4. The minimum absolute atomic E-state index is 0.200. The first kappa shape index (κ1) is 51.0. The molecule has 0 radical (unpaired) electrons. The lowest BCUT2D eigenvalue weighted by Gasteiger charge is -2.30. The number of hydrogen-bond acceptors (Lipinski definition) is 12. The van der Waals surface area contributed by atoms with Crippen LogP contribution in [0.25, 0.3) is 17.1 Å². The Bertz CT molecular complexity index is 2390. The number of aromatic nitrogens is 9. The van der Waals surface area contributed by atoms with E-state index in [0.29, 0.717) is 34.2 Å². The summed E-state index contributed by atoms with van der Waals surface area (Å²) in [5.74, 6) is -2.08. The van der Waals surface area contributed by atoms with Crippen LogP contribution < -0.4 is 11.1 Å². The molecule has 2 atom stereocenters. The van der Waals surface area contributed by atoms with Crippen LogP contribution in [0.5, 0.6) is 0 Å². The van der Waals surface area contributed by atoms with Gasteiger partial charge in [0.15, 0.2) is 0 Å². The van der Waals surface area contributed by atoms with Gasteiger partial charge >= 0.3 is 17.9 Å². The van der Waals surface area contributed by atoms with Gasteiger partial charge in [-0.15, -0.1) is 5.10 Å². The Morgan fingerprint density at radius 3 is 1.55 bits per heavy atom. The highest BCUT2D eigenvalue weighted by Gasteiger charge is 2.21. The third-order valence-electron chi connectivity index (χ3n) is 9.75. The first-order valence-electron chi connectivity index (χ1n) is 20.1. The number of carbonyl (C=O) groups excluding carboxylic acids is 1. The average molecular weight is 1020 g/mol. The number of aryl methyl sites for hydroxylation is 3. The Balaban J connectivity index is 0.000000180. The largest absolute Gasteiger partial charge is 0.478 e. The summed E-state index contributed by atoms with van der Waals surface area (Å²) >= 11 is 7.48. The molecule has 1 saturated carbocycles. The number of nitrogens with one attached hydrogen (secondary N) is 1. The van der Waals surface area contributed by atoms with Crippen molar-refractivity contribution in [1.82, 2.24) is 50.3 Å². The molecular formula is C45H49ClIN11O7. The molecule has 6 N–H and O–H groups in total. The second kappa shape index (κ2) is 25.6. The van der Waals surface area contributed by atoms with Crippen molar-refractivity contribution in [1.29, 1.82) is 0 Å². The van der Waals surface area contributed by atoms with E-state index in [1.807, 2.05) is 74.7 Å². The van der Waals surface area contributed by atoms with Crippen LogP contribution in [-0.2, 0) is 0 Å². The minimum atomic E-state index is -0.981. The van der Waals surface area contributed by atoms with Gasteiger partial charge in [-0.05, 0) is 136 Å². The monoisotopic (exact) mass is 1020 g/mol. The number of carboxylic acid groups (broad SMARTS) is 3. The SMILES string of the molecule is CN[C@H]1CCCC[C@@H]1CN.Cc1ccc(-n2ccnn2)c(C(=O)O)c1.Cc1ccc(-n2nccn2)c(C(=O)Cl)c1.Cc1ccc(-n2nccn2)c(C(=O)O)c1.O=C(O)c1ccccc1I. The first-order chi connectivity index (χ1) is 31.1. The Kier molecular flexibility index (Phi) is 20.0. The topological polar surface area (TPSA) is 259 Å². The number of halogens is 2. The van der Waals surface area contributed by atoms with E-state index in [2.05, 4.69) is 36.0 Å². The molecule has 0 saturated heterocycles. The fraction of sp³-hybridized carbons (Fsp3) is 0.244. The summed E-state index contributed by atoms with van der Waals surface area (Å²) in [6.45, 7) is 6.43. The van der Waals surface area contributed by atoms with Gasteiger partial charge in [0.1, 0.15) is 5.69 Å². The minimum Gasteiger partial charge on any atom is -0.478 e. The van der Waals surface area contributed by atoms with E-state index >= 15 is 0 Å². The predicted molar refractivity (Wildman–Crippen MR) is 252 cm³/mol. The van der Waals surface area contributed by atoms with Gasteiger partial charge in [0, 0.05) is 9.61 Å². The molecule has 3 aromatic heterocycles. The van der Waals surface area contributed by atoms with Crippen molar-refractivity contribution < 1.29 is 34.5 Å². The Morgan fingerprint density at radius 2 is 1.14 bits per heavy atom. The average Bonchev–Trinajstić information content (AvgIpc) is 4.13. The number of aromatic carboxylic acids is 3. The zero-order chi connectivity index (χ0) is 47.5. The van der Waals surface area contributed by atoms with Crippen LogP contribution in [0.1, 0.15) is 83.8 Å². The van der Waals surface area contributed by atoms with Crippen molar-refractivity contribution >= 4 is 57.3 Å². The van der Waals surface area contributed by atoms with E-state index in [-0.39, 0.29) is 11.1 Å². The fourth-order valence-corrected chi connectivity index (χ4v) is 7.29. The number of benzene rings is 4. The van der Waals surface area contributed by atoms with Gasteiger partial charge in [-0.3, -0.25) is 4.79 Å². The molecule has 4 aromatic carbocycles. The first-order valence-corrected chi connectivity index (χ1v) is 21.5. The van der Waals surface area contributed by atoms with Gasteiger partial charge < -0.3 is 26.4 Å². The summed E-state index contributed by atoms with van der Waals surface area (Å²) in [6.07, 6.45) is 14.6. The lowest BCUT2D eigenvalue weighted by molar-refractivity contribution is 0.0685. The van der Waals surface area contributed by atoms with Gasteiger partial charge in [0.2, 0.25) is 0 Å². The summed E-state index contributed by atoms with van der Waals surface area (Å²) in [4.78, 5) is 46.3. The van der Waals surface area contributed by atoms with Crippen LogP contribution in [0, 0.1) is 30.3 Å². The lowest BCUT2D eigenvalue weighted by Crippen LogP contribution is -2.39. The van der Waals surface area contributed by atoms with Crippen LogP contribution in [-0.4, -0.2) is 103 Å². The number of rotatable bonds is 9. The van der Waals surface area contributed by atoms with E-state index in [1.165, 1.54) is 58.5 Å².